The smallest absolute Gasteiger partial charge is 0.240 e. The molecule has 22 heavy (non-hydrogen) atoms. The van der Waals surface area contributed by atoms with Gasteiger partial charge in [-0.05, 0) is 31.9 Å². The van der Waals surface area contributed by atoms with E-state index in [0.29, 0.717) is 5.71 Å². The van der Waals surface area contributed by atoms with Crippen LogP contribution in [0.5, 0.6) is 0 Å². The van der Waals surface area contributed by atoms with Gasteiger partial charge >= 0.3 is 0 Å². The number of nitrogens with one attached hydrogen (secondary N) is 1. The molecule has 1 aliphatic rings. The molecule has 0 aromatic heterocycles. The second kappa shape index (κ2) is 7.74. The lowest BCUT2D eigenvalue weighted by Gasteiger charge is -2.16. The van der Waals surface area contributed by atoms with Gasteiger partial charge in [-0.2, -0.15) is 0 Å². The Morgan fingerprint density at radius 2 is 1.91 bits per heavy atom. The number of sulfonamides is 1. The lowest BCUT2D eigenvalue weighted by Crippen LogP contribution is -2.34. The molecule has 0 bridgehead atoms. The first-order valence-electron chi connectivity index (χ1n) is 7.73. The van der Waals surface area contributed by atoms with Crippen LogP contribution in [0.1, 0.15) is 51.0 Å². The summed E-state index contributed by atoms with van der Waals surface area (Å²) >= 11 is 0. The fraction of sp³-hybridized carbons (Fsp3) is 0.562. The van der Waals surface area contributed by atoms with Gasteiger partial charge in [0.05, 0.1) is 10.6 Å². The summed E-state index contributed by atoms with van der Waals surface area (Å²) in [5.74, 6) is 0. The van der Waals surface area contributed by atoms with Crippen LogP contribution in [-0.2, 0) is 14.9 Å². The molecular formula is C16H24N2O3S. The maximum Gasteiger partial charge on any atom is 0.240 e. The number of oxime groups is 1. The number of hydrogen-bond acceptors (Lipinski definition) is 4. The third-order valence-electron chi connectivity index (χ3n) is 3.97. The predicted octanol–water partition coefficient (Wildman–Crippen LogP) is 3.06. The molecule has 0 radical (unpaired) electrons. The van der Waals surface area contributed by atoms with Crippen molar-refractivity contribution in [2.24, 2.45) is 5.16 Å². The lowest BCUT2D eigenvalue weighted by atomic mass is 10.1. The standard InChI is InChI=1S/C16H24N2O3S/c1-13(17-21-2)14-8-7-11-16(12-14)22(19,20)18-15-9-5-3-4-6-10-15/h7-8,11-12,15,18H,3-6,9-10H2,1-2H3/b17-13+. The third kappa shape index (κ3) is 4.55. The molecule has 1 fully saturated rings. The largest absolute Gasteiger partial charge is 0.399 e. The first-order chi connectivity index (χ1) is 10.5. The molecule has 0 amide bonds. The quantitative estimate of drug-likeness (QED) is 0.514. The van der Waals surface area contributed by atoms with Gasteiger partial charge < -0.3 is 4.84 Å². The summed E-state index contributed by atoms with van der Waals surface area (Å²) in [7, 11) is -2.02. The van der Waals surface area contributed by atoms with Crippen LogP contribution >= 0.6 is 0 Å². The summed E-state index contributed by atoms with van der Waals surface area (Å²) < 4.78 is 28.0. The highest BCUT2D eigenvalue weighted by Crippen LogP contribution is 2.20. The summed E-state index contributed by atoms with van der Waals surface area (Å²) in [4.78, 5) is 5.02. The van der Waals surface area contributed by atoms with Crippen LogP contribution in [0, 0.1) is 0 Å². The van der Waals surface area contributed by atoms with E-state index in [0.717, 1.165) is 31.2 Å². The van der Waals surface area contributed by atoms with E-state index in [1.54, 1.807) is 25.1 Å². The summed E-state index contributed by atoms with van der Waals surface area (Å²) in [6.07, 6.45) is 6.41. The van der Waals surface area contributed by atoms with Crippen molar-refractivity contribution in [2.75, 3.05) is 7.11 Å². The Morgan fingerprint density at radius 3 is 2.55 bits per heavy atom. The van der Waals surface area contributed by atoms with E-state index in [9.17, 15) is 8.42 Å². The molecule has 1 saturated carbocycles. The Bertz CT molecular complexity index is 618. The van der Waals surface area contributed by atoms with Crippen molar-refractivity contribution in [3.63, 3.8) is 0 Å². The van der Waals surface area contributed by atoms with Crippen molar-refractivity contribution in [2.45, 2.75) is 56.4 Å². The Labute approximate surface area is 132 Å². The molecule has 6 heteroatoms. The molecule has 1 aromatic carbocycles. The zero-order valence-electron chi connectivity index (χ0n) is 13.2. The topological polar surface area (TPSA) is 67.8 Å². The number of benzene rings is 1. The summed E-state index contributed by atoms with van der Waals surface area (Å²) in [6, 6.07) is 6.85. The van der Waals surface area contributed by atoms with Crippen LogP contribution in [0.4, 0.5) is 0 Å². The van der Waals surface area contributed by atoms with Gasteiger partial charge in [-0.25, -0.2) is 13.1 Å². The van der Waals surface area contributed by atoms with Crippen molar-refractivity contribution in [3.05, 3.63) is 29.8 Å². The molecule has 1 aromatic rings. The van der Waals surface area contributed by atoms with Crippen LogP contribution in [0.25, 0.3) is 0 Å². The second-order valence-corrected chi connectivity index (χ2v) is 7.41. The van der Waals surface area contributed by atoms with E-state index < -0.39 is 10.0 Å². The first-order valence-corrected chi connectivity index (χ1v) is 9.22. The van der Waals surface area contributed by atoms with Gasteiger partial charge in [-0.3, -0.25) is 0 Å². The second-order valence-electron chi connectivity index (χ2n) is 5.70. The minimum Gasteiger partial charge on any atom is -0.399 e. The van der Waals surface area contributed by atoms with Crippen LogP contribution in [0.2, 0.25) is 0 Å². The molecule has 5 nitrogen and oxygen atoms in total. The Morgan fingerprint density at radius 1 is 1.23 bits per heavy atom. The Hall–Kier alpha value is -1.40. The van der Waals surface area contributed by atoms with Crippen molar-refractivity contribution < 1.29 is 13.3 Å². The van der Waals surface area contributed by atoms with Gasteiger partial charge in [-0.15, -0.1) is 0 Å². The van der Waals surface area contributed by atoms with E-state index in [1.807, 2.05) is 6.07 Å². The summed E-state index contributed by atoms with van der Waals surface area (Å²) in [5.41, 5.74) is 1.39. The molecule has 0 saturated heterocycles. The average Bonchev–Trinajstić information content (AvgIpc) is 2.76. The third-order valence-corrected chi connectivity index (χ3v) is 5.49. The molecule has 1 aliphatic carbocycles. The van der Waals surface area contributed by atoms with E-state index in [1.165, 1.54) is 20.0 Å². The van der Waals surface area contributed by atoms with Gasteiger partial charge in [-0.1, -0.05) is 43.0 Å². The first kappa shape index (κ1) is 17.0. The van der Waals surface area contributed by atoms with Gasteiger partial charge in [0, 0.05) is 11.6 Å². The predicted molar refractivity (Wildman–Crippen MR) is 87.5 cm³/mol. The molecule has 1 N–H and O–H groups in total. The van der Waals surface area contributed by atoms with Gasteiger partial charge in [0.1, 0.15) is 7.11 Å². The minimum atomic E-state index is -3.49. The van der Waals surface area contributed by atoms with Crippen molar-refractivity contribution in [1.82, 2.24) is 4.72 Å². The molecule has 2 rings (SSSR count). The van der Waals surface area contributed by atoms with Crippen LogP contribution in [-0.4, -0.2) is 27.3 Å². The Balaban J connectivity index is 2.18. The van der Waals surface area contributed by atoms with Gasteiger partial charge in [0.25, 0.3) is 0 Å². The molecule has 0 unspecified atom stereocenters. The highest BCUT2D eigenvalue weighted by molar-refractivity contribution is 7.89. The van der Waals surface area contributed by atoms with Crippen molar-refractivity contribution in [1.29, 1.82) is 0 Å². The number of nitrogens with zero attached hydrogens (tertiary/aromatic N) is 1. The Kier molecular flexibility index (Phi) is 5.97. The van der Waals surface area contributed by atoms with Crippen molar-refractivity contribution in [3.8, 4) is 0 Å². The molecule has 0 heterocycles. The van der Waals surface area contributed by atoms with Crippen LogP contribution in [0.3, 0.4) is 0 Å². The SMILES string of the molecule is CO/N=C(\C)c1cccc(S(=O)(=O)NC2CCCCCC2)c1. The maximum atomic E-state index is 12.6. The van der Waals surface area contributed by atoms with E-state index in [-0.39, 0.29) is 10.9 Å². The zero-order valence-corrected chi connectivity index (χ0v) is 14.0. The fourth-order valence-corrected chi connectivity index (χ4v) is 4.11. The van der Waals surface area contributed by atoms with Crippen LogP contribution < -0.4 is 4.72 Å². The monoisotopic (exact) mass is 324 g/mol. The number of rotatable bonds is 5. The highest BCUT2D eigenvalue weighted by atomic mass is 32.2. The fourth-order valence-electron chi connectivity index (χ4n) is 2.76. The summed E-state index contributed by atoms with van der Waals surface area (Å²) in [6.45, 7) is 1.79. The molecular weight excluding hydrogens is 300 g/mol. The molecule has 0 aliphatic heterocycles. The average molecular weight is 324 g/mol. The maximum absolute atomic E-state index is 12.6. The number of hydrogen-bond donors (Lipinski definition) is 1. The normalized spacial score (nSPS) is 18.0. The highest BCUT2D eigenvalue weighted by Gasteiger charge is 2.21. The van der Waals surface area contributed by atoms with Gasteiger partial charge in [0.15, 0.2) is 0 Å². The lowest BCUT2D eigenvalue weighted by molar-refractivity contribution is 0.213. The van der Waals surface area contributed by atoms with Gasteiger partial charge in [0.2, 0.25) is 10.0 Å². The van der Waals surface area contributed by atoms with E-state index >= 15 is 0 Å². The van der Waals surface area contributed by atoms with E-state index in [2.05, 4.69) is 9.88 Å². The van der Waals surface area contributed by atoms with Crippen LogP contribution in [0.15, 0.2) is 34.3 Å². The minimum absolute atomic E-state index is 0.0462. The molecule has 122 valence electrons. The molecule has 0 atom stereocenters. The molecule has 0 spiro atoms. The van der Waals surface area contributed by atoms with E-state index in [4.69, 9.17) is 4.84 Å². The zero-order chi connectivity index (χ0) is 16.0. The van der Waals surface area contributed by atoms with Crippen molar-refractivity contribution >= 4 is 15.7 Å². The summed E-state index contributed by atoms with van der Waals surface area (Å²) in [5, 5.41) is 3.85.